The van der Waals surface area contributed by atoms with Gasteiger partial charge in [0.25, 0.3) is 0 Å². The molecule has 0 aliphatic rings. The number of benzene rings is 2. The van der Waals surface area contributed by atoms with Gasteiger partial charge in [-0.15, -0.1) is 0 Å². The molecule has 0 radical (unpaired) electrons. The summed E-state index contributed by atoms with van der Waals surface area (Å²) in [6.07, 6.45) is 2.72. The molecule has 0 spiro atoms. The van der Waals surface area contributed by atoms with Crippen LogP contribution in [0.4, 0.5) is 4.39 Å². The lowest BCUT2D eigenvalue weighted by molar-refractivity contribution is 0.269. The number of amidine groups is 1. The molecule has 0 fully saturated rings. The van der Waals surface area contributed by atoms with Crippen molar-refractivity contribution >= 4 is 5.84 Å². The summed E-state index contributed by atoms with van der Waals surface area (Å²) in [5, 5.41) is 7.34. The molecule has 25 heavy (non-hydrogen) atoms. The van der Waals surface area contributed by atoms with Crippen LogP contribution in [0.5, 0.6) is 17.2 Å². The molecule has 2 rings (SSSR count). The molecule has 5 nitrogen and oxygen atoms in total. The van der Waals surface area contributed by atoms with Crippen molar-refractivity contribution in [1.29, 1.82) is 5.41 Å². The van der Waals surface area contributed by atoms with Crippen LogP contribution in [-0.2, 0) is 0 Å². The number of nitrogens with two attached hydrogens (primary N) is 1. The van der Waals surface area contributed by atoms with Gasteiger partial charge >= 0.3 is 0 Å². The van der Waals surface area contributed by atoms with E-state index in [4.69, 9.17) is 25.4 Å². The summed E-state index contributed by atoms with van der Waals surface area (Å²) in [6.45, 7) is 1.15. The van der Waals surface area contributed by atoms with Crippen LogP contribution >= 0.6 is 0 Å². The summed E-state index contributed by atoms with van der Waals surface area (Å²) in [5.41, 5.74) is 6.09. The maximum Gasteiger partial charge on any atom is 0.163 e. The van der Waals surface area contributed by atoms with Crippen LogP contribution in [0, 0.1) is 11.2 Å². The Hall–Kier alpha value is -2.76. The Kier molecular flexibility index (Phi) is 7.07. The van der Waals surface area contributed by atoms with Gasteiger partial charge in [0.05, 0.1) is 20.3 Å². The highest BCUT2D eigenvalue weighted by molar-refractivity contribution is 5.94. The van der Waals surface area contributed by atoms with Crippen LogP contribution in [0.25, 0.3) is 0 Å². The standard InChI is InChI=1S/C19H23FN2O3/c1-23-18-13-15(20)7-10-17(18)25-12-4-2-3-11-24-16-8-5-14(6-9-16)19(21)22/h5-10,13H,2-4,11-12H2,1H3,(H3,21,22). The SMILES string of the molecule is COc1cc(F)ccc1OCCCCCOc1ccc(C(=N)N)cc1. The molecule has 0 saturated heterocycles. The third kappa shape index (κ3) is 5.99. The van der Waals surface area contributed by atoms with Gasteiger partial charge in [-0.25, -0.2) is 4.39 Å². The number of methoxy groups -OCH3 is 1. The first-order valence-corrected chi connectivity index (χ1v) is 8.14. The minimum Gasteiger partial charge on any atom is -0.494 e. The van der Waals surface area contributed by atoms with E-state index in [0.29, 0.717) is 30.3 Å². The van der Waals surface area contributed by atoms with E-state index >= 15 is 0 Å². The van der Waals surface area contributed by atoms with Crippen LogP contribution in [0.2, 0.25) is 0 Å². The molecule has 0 heterocycles. The van der Waals surface area contributed by atoms with Crippen LogP contribution in [0.1, 0.15) is 24.8 Å². The Morgan fingerprint density at radius 1 is 0.960 bits per heavy atom. The molecule has 0 aliphatic carbocycles. The van der Waals surface area contributed by atoms with Crippen molar-refractivity contribution in [2.45, 2.75) is 19.3 Å². The van der Waals surface area contributed by atoms with Crippen LogP contribution < -0.4 is 19.9 Å². The van der Waals surface area contributed by atoms with Gasteiger partial charge in [-0.2, -0.15) is 0 Å². The number of rotatable bonds is 10. The van der Waals surface area contributed by atoms with Crippen molar-refractivity contribution in [3.05, 3.63) is 53.8 Å². The third-order valence-corrected chi connectivity index (χ3v) is 3.61. The lowest BCUT2D eigenvalue weighted by atomic mass is 10.2. The van der Waals surface area contributed by atoms with Crippen molar-refractivity contribution < 1.29 is 18.6 Å². The van der Waals surface area contributed by atoms with E-state index in [1.54, 1.807) is 30.3 Å². The highest BCUT2D eigenvalue weighted by atomic mass is 19.1. The Bertz CT molecular complexity index is 690. The Morgan fingerprint density at radius 3 is 2.28 bits per heavy atom. The van der Waals surface area contributed by atoms with Crippen molar-refractivity contribution in [1.82, 2.24) is 0 Å². The molecule has 0 atom stereocenters. The molecule has 134 valence electrons. The first kappa shape index (κ1) is 18.6. The summed E-state index contributed by atoms with van der Waals surface area (Å²) in [5.74, 6) is 1.40. The summed E-state index contributed by atoms with van der Waals surface area (Å²) in [4.78, 5) is 0. The van der Waals surface area contributed by atoms with Gasteiger partial charge in [0, 0.05) is 11.6 Å². The van der Waals surface area contributed by atoms with Crippen molar-refractivity contribution in [3.8, 4) is 17.2 Å². The molecule has 0 amide bonds. The van der Waals surface area contributed by atoms with E-state index in [9.17, 15) is 4.39 Å². The fourth-order valence-corrected chi connectivity index (χ4v) is 2.24. The number of nitrogen functional groups attached to an aromatic ring is 1. The summed E-state index contributed by atoms with van der Waals surface area (Å²) >= 11 is 0. The number of ether oxygens (including phenoxy) is 3. The van der Waals surface area contributed by atoms with E-state index in [1.807, 2.05) is 0 Å². The summed E-state index contributed by atoms with van der Waals surface area (Å²) < 4.78 is 29.4. The number of hydrogen-bond acceptors (Lipinski definition) is 4. The number of unbranched alkanes of at least 4 members (excludes halogenated alkanes) is 2. The highest BCUT2D eigenvalue weighted by Gasteiger charge is 2.05. The maximum atomic E-state index is 13.1. The van der Waals surface area contributed by atoms with Crippen molar-refractivity contribution in [3.63, 3.8) is 0 Å². The van der Waals surface area contributed by atoms with E-state index < -0.39 is 0 Å². The second-order valence-corrected chi connectivity index (χ2v) is 5.49. The average molecular weight is 346 g/mol. The molecular weight excluding hydrogens is 323 g/mol. The van der Waals surface area contributed by atoms with Crippen molar-refractivity contribution in [2.24, 2.45) is 5.73 Å². The summed E-state index contributed by atoms with van der Waals surface area (Å²) in [7, 11) is 1.49. The second kappa shape index (κ2) is 9.52. The van der Waals surface area contributed by atoms with Crippen LogP contribution in [0.15, 0.2) is 42.5 Å². The third-order valence-electron chi connectivity index (χ3n) is 3.61. The molecule has 3 N–H and O–H groups in total. The topological polar surface area (TPSA) is 77.6 Å². The first-order chi connectivity index (χ1) is 12.1. The van der Waals surface area contributed by atoms with E-state index in [2.05, 4.69) is 0 Å². The quantitative estimate of drug-likeness (QED) is 0.390. The second-order valence-electron chi connectivity index (χ2n) is 5.49. The van der Waals surface area contributed by atoms with Gasteiger partial charge in [-0.3, -0.25) is 5.41 Å². The number of halogens is 1. The zero-order chi connectivity index (χ0) is 18.1. The van der Waals surface area contributed by atoms with E-state index in [1.165, 1.54) is 19.2 Å². The zero-order valence-electron chi connectivity index (χ0n) is 14.3. The normalized spacial score (nSPS) is 10.3. The van der Waals surface area contributed by atoms with Crippen LogP contribution in [0.3, 0.4) is 0 Å². The molecule has 0 bridgehead atoms. The van der Waals surface area contributed by atoms with Gasteiger partial charge < -0.3 is 19.9 Å². The highest BCUT2D eigenvalue weighted by Crippen LogP contribution is 2.27. The molecular formula is C19H23FN2O3. The van der Waals surface area contributed by atoms with E-state index in [0.717, 1.165) is 25.0 Å². The van der Waals surface area contributed by atoms with Gasteiger partial charge in [-0.1, -0.05) is 0 Å². The van der Waals surface area contributed by atoms with E-state index in [-0.39, 0.29) is 11.7 Å². The Morgan fingerprint density at radius 2 is 1.64 bits per heavy atom. The minimum absolute atomic E-state index is 0.0457. The maximum absolute atomic E-state index is 13.1. The van der Waals surface area contributed by atoms with Crippen LogP contribution in [-0.4, -0.2) is 26.2 Å². The molecule has 2 aromatic carbocycles. The predicted molar refractivity (Wildman–Crippen MR) is 95.3 cm³/mol. The minimum atomic E-state index is -0.349. The number of nitrogens with one attached hydrogen (secondary N) is 1. The molecule has 0 saturated carbocycles. The molecule has 0 aromatic heterocycles. The summed E-state index contributed by atoms with van der Waals surface area (Å²) in [6, 6.07) is 11.4. The largest absolute Gasteiger partial charge is 0.494 e. The van der Waals surface area contributed by atoms with Crippen molar-refractivity contribution in [2.75, 3.05) is 20.3 Å². The van der Waals surface area contributed by atoms with Gasteiger partial charge in [0.2, 0.25) is 0 Å². The molecule has 0 unspecified atom stereocenters. The smallest absolute Gasteiger partial charge is 0.163 e. The number of hydrogen-bond donors (Lipinski definition) is 2. The monoisotopic (exact) mass is 346 g/mol. The Balaban J connectivity index is 1.61. The molecule has 0 aliphatic heterocycles. The van der Waals surface area contributed by atoms with Gasteiger partial charge in [0.1, 0.15) is 17.4 Å². The van der Waals surface area contributed by atoms with Gasteiger partial charge in [0.15, 0.2) is 11.5 Å². The fourth-order valence-electron chi connectivity index (χ4n) is 2.24. The Labute approximate surface area is 147 Å². The first-order valence-electron chi connectivity index (χ1n) is 8.14. The predicted octanol–water partition coefficient (Wildman–Crippen LogP) is 3.75. The zero-order valence-corrected chi connectivity index (χ0v) is 14.3. The fraction of sp³-hybridized carbons (Fsp3) is 0.316. The average Bonchev–Trinajstić information content (AvgIpc) is 2.62. The molecule has 2 aromatic rings. The lowest BCUT2D eigenvalue weighted by Crippen LogP contribution is -2.10. The van der Waals surface area contributed by atoms with Gasteiger partial charge in [-0.05, 0) is 55.7 Å². The lowest BCUT2D eigenvalue weighted by Gasteiger charge is -2.10. The molecule has 6 heteroatoms.